The van der Waals surface area contributed by atoms with E-state index in [1.165, 1.54) is 20.3 Å². The minimum atomic E-state index is -2.13. The van der Waals surface area contributed by atoms with E-state index < -0.39 is 11.1 Å². The highest BCUT2D eigenvalue weighted by Gasteiger charge is 2.12. The number of furan rings is 1. The molecule has 86 valence electrons. The van der Waals surface area contributed by atoms with Crippen molar-refractivity contribution < 1.29 is 22.7 Å². The normalized spacial score (nSPS) is 12.7. The minimum absolute atomic E-state index is 0.00491. The van der Waals surface area contributed by atoms with Crippen LogP contribution in [0, 0.1) is 0 Å². The molecule has 1 heterocycles. The van der Waals surface area contributed by atoms with Gasteiger partial charge in [0.05, 0.1) is 14.2 Å². The zero-order valence-electron chi connectivity index (χ0n) is 8.72. The van der Waals surface area contributed by atoms with Crippen molar-refractivity contribution in [3.05, 3.63) is 18.2 Å². The van der Waals surface area contributed by atoms with Crippen molar-refractivity contribution in [1.82, 2.24) is 0 Å². The number of benzene rings is 1. The van der Waals surface area contributed by atoms with Crippen LogP contribution in [0.3, 0.4) is 0 Å². The lowest BCUT2D eigenvalue weighted by atomic mass is 10.2. The predicted molar refractivity (Wildman–Crippen MR) is 58.4 cm³/mol. The summed E-state index contributed by atoms with van der Waals surface area (Å²) in [5.41, 5.74) is 0.482. The van der Waals surface area contributed by atoms with Gasteiger partial charge in [-0.2, -0.15) is 0 Å². The van der Waals surface area contributed by atoms with Crippen LogP contribution in [0.5, 0.6) is 11.5 Å². The molecule has 1 atom stereocenters. The second kappa shape index (κ2) is 4.15. The standard InChI is InChI=1S/C10H10O5S/c1-13-8-3-6-4-10(16(11)12)15-7(6)5-9(8)14-2/h3-5H,1-2H3,(H,11,12). The lowest BCUT2D eigenvalue weighted by Crippen LogP contribution is -1.89. The summed E-state index contributed by atoms with van der Waals surface area (Å²) in [6.07, 6.45) is 0. The molecule has 6 heteroatoms. The van der Waals surface area contributed by atoms with Crippen LogP contribution >= 0.6 is 0 Å². The van der Waals surface area contributed by atoms with Crippen molar-refractivity contribution >= 4 is 22.0 Å². The Morgan fingerprint density at radius 1 is 1.19 bits per heavy atom. The molecule has 0 fully saturated rings. The molecule has 1 aromatic heterocycles. The Balaban J connectivity index is 2.64. The maximum Gasteiger partial charge on any atom is 0.223 e. The second-order valence-corrected chi connectivity index (χ2v) is 3.96. The van der Waals surface area contributed by atoms with Gasteiger partial charge < -0.3 is 13.9 Å². The van der Waals surface area contributed by atoms with Gasteiger partial charge in [0, 0.05) is 17.5 Å². The SMILES string of the molecule is COc1cc2cc(S(=O)O)oc2cc1OC. The summed E-state index contributed by atoms with van der Waals surface area (Å²) in [5.74, 6) is 1.06. The van der Waals surface area contributed by atoms with Crippen molar-refractivity contribution in [1.29, 1.82) is 0 Å². The molecule has 0 bridgehead atoms. The van der Waals surface area contributed by atoms with Gasteiger partial charge in [0.25, 0.3) is 0 Å². The highest BCUT2D eigenvalue weighted by Crippen LogP contribution is 2.34. The summed E-state index contributed by atoms with van der Waals surface area (Å²) >= 11 is -2.13. The van der Waals surface area contributed by atoms with Gasteiger partial charge in [0.2, 0.25) is 16.2 Å². The molecule has 1 aromatic carbocycles. The molecule has 2 aromatic rings. The lowest BCUT2D eigenvalue weighted by Gasteiger charge is -2.05. The maximum absolute atomic E-state index is 10.8. The molecule has 0 aliphatic rings. The van der Waals surface area contributed by atoms with E-state index >= 15 is 0 Å². The van der Waals surface area contributed by atoms with Gasteiger partial charge in [0.1, 0.15) is 5.58 Å². The first-order chi connectivity index (χ1) is 7.65. The monoisotopic (exact) mass is 242 g/mol. The Labute approximate surface area is 94.2 Å². The first kappa shape index (κ1) is 11.0. The fraction of sp³-hybridized carbons (Fsp3) is 0.200. The van der Waals surface area contributed by atoms with E-state index in [1.807, 2.05) is 0 Å². The van der Waals surface area contributed by atoms with E-state index in [2.05, 4.69) is 0 Å². The smallest absolute Gasteiger partial charge is 0.223 e. The first-order valence-electron chi connectivity index (χ1n) is 4.42. The van der Waals surface area contributed by atoms with E-state index in [1.54, 1.807) is 12.1 Å². The predicted octanol–water partition coefficient (Wildman–Crippen LogP) is 2.03. The minimum Gasteiger partial charge on any atom is -0.493 e. The Morgan fingerprint density at radius 3 is 2.38 bits per heavy atom. The van der Waals surface area contributed by atoms with Gasteiger partial charge in [-0.1, -0.05) is 0 Å². The highest BCUT2D eigenvalue weighted by atomic mass is 32.2. The van der Waals surface area contributed by atoms with Crippen molar-refractivity contribution in [2.75, 3.05) is 14.2 Å². The number of ether oxygens (including phenoxy) is 2. The number of methoxy groups -OCH3 is 2. The third-order valence-corrected chi connectivity index (χ3v) is 2.72. The van der Waals surface area contributed by atoms with Crippen molar-refractivity contribution in [3.63, 3.8) is 0 Å². The number of rotatable bonds is 3. The van der Waals surface area contributed by atoms with E-state index in [0.717, 1.165) is 0 Å². The Hall–Kier alpha value is -1.53. The molecule has 2 rings (SSSR count). The Kier molecular flexibility index (Phi) is 2.84. The van der Waals surface area contributed by atoms with Gasteiger partial charge in [-0.25, -0.2) is 4.21 Å². The van der Waals surface area contributed by atoms with Crippen molar-refractivity contribution in [3.8, 4) is 11.5 Å². The van der Waals surface area contributed by atoms with Crippen LogP contribution in [0.4, 0.5) is 0 Å². The molecule has 0 saturated carbocycles. The molecule has 1 unspecified atom stereocenters. The zero-order valence-corrected chi connectivity index (χ0v) is 9.54. The van der Waals surface area contributed by atoms with Crippen LogP contribution in [0.15, 0.2) is 27.7 Å². The third-order valence-electron chi connectivity index (χ3n) is 2.17. The van der Waals surface area contributed by atoms with Gasteiger partial charge in [-0.3, -0.25) is 4.55 Å². The fourth-order valence-corrected chi connectivity index (χ4v) is 1.82. The molecule has 1 N–H and O–H groups in total. The molecule has 0 aliphatic carbocycles. The summed E-state index contributed by atoms with van der Waals surface area (Å²) in [5, 5.41) is 0.695. The van der Waals surface area contributed by atoms with Crippen LogP contribution < -0.4 is 9.47 Å². The summed E-state index contributed by atoms with van der Waals surface area (Å²) in [4.78, 5) is 0. The summed E-state index contributed by atoms with van der Waals surface area (Å²) in [6.45, 7) is 0. The maximum atomic E-state index is 10.8. The summed E-state index contributed by atoms with van der Waals surface area (Å²) < 4.78 is 35.1. The highest BCUT2D eigenvalue weighted by molar-refractivity contribution is 7.79. The average Bonchev–Trinajstić information content (AvgIpc) is 2.69. The summed E-state index contributed by atoms with van der Waals surface area (Å²) in [7, 11) is 3.03. The van der Waals surface area contributed by atoms with Crippen LogP contribution in [0.1, 0.15) is 0 Å². The van der Waals surface area contributed by atoms with Crippen molar-refractivity contribution in [2.45, 2.75) is 5.09 Å². The number of hydrogen-bond acceptors (Lipinski definition) is 4. The van der Waals surface area contributed by atoms with E-state index in [9.17, 15) is 4.21 Å². The lowest BCUT2D eigenvalue weighted by molar-refractivity contribution is 0.355. The van der Waals surface area contributed by atoms with Gasteiger partial charge in [-0.05, 0) is 6.07 Å². The molecule has 0 radical (unpaired) electrons. The van der Waals surface area contributed by atoms with E-state index in [-0.39, 0.29) is 5.09 Å². The molecule has 5 nitrogen and oxygen atoms in total. The molecule has 0 saturated heterocycles. The second-order valence-electron chi connectivity index (χ2n) is 3.06. The number of hydrogen-bond donors (Lipinski definition) is 1. The van der Waals surface area contributed by atoms with Crippen LogP contribution in [-0.4, -0.2) is 23.0 Å². The molecule has 0 amide bonds. The Morgan fingerprint density at radius 2 is 1.81 bits per heavy atom. The van der Waals surface area contributed by atoms with Gasteiger partial charge in [-0.15, -0.1) is 0 Å². The quantitative estimate of drug-likeness (QED) is 0.834. The largest absolute Gasteiger partial charge is 0.493 e. The molecular formula is C10H10O5S. The van der Waals surface area contributed by atoms with E-state index in [4.69, 9.17) is 18.4 Å². The average molecular weight is 242 g/mol. The molecule has 16 heavy (non-hydrogen) atoms. The number of fused-ring (bicyclic) bond motifs is 1. The summed E-state index contributed by atoms with van der Waals surface area (Å²) in [6, 6.07) is 4.80. The zero-order chi connectivity index (χ0) is 11.7. The molecule has 0 aliphatic heterocycles. The molecule has 0 spiro atoms. The van der Waals surface area contributed by atoms with Crippen LogP contribution in [-0.2, 0) is 11.1 Å². The van der Waals surface area contributed by atoms with Crippen molar-refractivity contribution in [2.24, 2.45) is 0 Å². The van der Waals surface area contributed by atoms with Crippen LogP contribution in [0.2, 0.25) is 0 Å². The third kappa shape index (κ3) is 1.77. The Bertz CT molecular complexity index is 504. The fourth-order valence-electron chi connectivity index (χ4n) is 1.43. The van der Waals surface area contributed by atoms with Gasteiger partial charge >= 0.3 is 0 Å². The van der Waals surface area contributed by atoms with Gasteiger partial charge in [0.15, 0.2) is 11.5 Å². The van der Waals surface area contributed by atoms with E-state index in [0.29, 0.717) is 22.5 Å². The first-order valence-corrected chi connectivity index (χ1v) is 5.53. The molecular weight excluding hydrogens is 232 g/mol. The topological polar surface area (TPSA) is 68.9 Å². The van der Waals surface area contributed by atoms with Crippen LogP contribution in [0.25, 0.3) is 11.0 Å².